The van der Waals surface area contributed by atoms with Crippen LogP contribution in [0.4, 0.5) is 0 Å². The molecule has 0 aliphatic rings. The Morgan fingerprint density at radius 1 is 1.48 bits per heavy atom. The monoisotopic (exact) mass is 309 g/mol. The number of rotatable bonds is 7. The summed E-state index contributed by atoms with van der Waals surface area (Å²) in [6, 6.07) is 2.02. The van der Waals surface area contributed by atoms with Crippen LogP contribution in [0.1, 0.15) is 41.9 Å². The summed E-state index contributed by atoms with van der Waals surface area (Å²) in [6.07, 6.45) is 1.82. The smallest absolute Gasteiger partial charge is 0.265 e. The van der Waals surface area contributed by atoms with Crippen LogP contribution in [0.3, 0.4) is 0 Å². The molecule has 0 unspecified atom stereocenters. The first-order valence-electron chi connectivity index (χ1n) is 7.16. The van der Waals surface area contributed by atoms with Crippen LogP contribution in [0.2, 0.25) is 0 Å². The van der Waals surface area contributed by atoms with Gasteiger partial charge in [0, 0.05) is 25.3 Å². The molecule has 0 saturated carbocycles. The van der Waals surface area contributed by atoms with E-state index in [0.717, 1.165) is 12.8 Å². The van der Waals surface area contributed by atoms with E-state index in [1.807, 2.05) is 16.3 Å². The molecular weight excluding hydrogens is 286 g/mol. The van der Waals surface area contributed by atoms with Gasteiger partial charge in [-0.05, 0) is 24.3 Å². The second-order valence-corrected chi connectivity index (χ2v) is 5.50. The highest BCUT2D eigenvalue weighted by Crippen LogP contribution is 2.21. The highest BCUT2D eigenvalue weighted by molar-refractivity contribution is 7.12. The van der Waals surface area contributed by atoms with E-state index in [2.05, 4.69) is 25.7 Å². The van der Waals surface area contributed by atoms with Crippen molar-refractivity contribution in [1.29, 1.82) is 0 Å². The maximum absolute atomic E-state index is 12.8. The Morgan fingerprint density at radius 2 is 2.19 bits per heavy atom. The summed E-state index contributed by atoms with van der Waals surface area (Å²) in [6.45, 7) is 5.06. The number of ether oxygens (including phenoxy) is 1. The van der Waals surface area contributed by atoms with Gasteiger partial charge in [0.1, 0.15) is 11.5 Å². The van der Waals surface area contributed by atoms with E-state index in [9.17, 15) is 4.79 Å². The number of nitrogens with zero attached hydrogens (tertiary/aromatic N) is 1. The van der Waals surface area contributed by atoms with Crippen LogP contribution in [-0.2, 0) is 4.74 Å². The molecule has 0 aliphatic heterocycles. The van der Waals surface area contributed by atoms with E-state index < -0.39 is 0 Å². The zero-order valence-corrected chi connectivity index (χ0v) is 13.7. The second-order valence-electron chi connectivity index (χ2n) is 4.58. The summed E-state index contributed by atoms with van der Waals surface area (Å²) < 4.78 is 5.12. The Hall–Kier alpha value is -1.35. The summed E-state index contributed by atoms with van der Waals surface area (Å²) in [5.41, 5.74) is 0.687. The van der Waals surface area contributed by atoms with Crippen molar-refractivity contribution in [2.75, 3.05) is 26.9 Å². The topological polar surface area (TPSA) is 49.8 Å². The van der Waals surface area contributed by atoms with E-state index in [1.165, 1.54) is 11.3 Å². The summed E-state index contributed by atoms with van der Waals surface area (Å²) >= 11 is 1.39. The van der Waals surface area contributed by atoms with Crippen molar-refractivity contribution in [3.05, 3.63) is 21.9 Å². The van der Waals surface area contributed by atoms with Crippen molar-refractivity contribution in [2.45, 2.75) is 32.7 Å². The third-order valence-corrected chi connectivity index (χ3v) is 4.24. The normalized spacial score (nSPS) is 10.3. The lowest BCUT2D eigenvalue weighted by atomic mass is 10.1. The molecule has 0 aromatic carbocycles. The van der Waals surface area contributed by atoms with E-state index in [1.54, 1.807) is 7.11 Å². The molecule has 0 spiro atoms. The fourth-order valence-electron chi connectivity index (χ4n) is 2.21. The van der Waals surface area contributed by atoms with E-state index in [-0.39, 0.29) is 18.6 Å². The molecule has 0 atom stereocenters. The number of aliphatic hydroxyl groups is 1. The fourth-order valence-corrected chi connectivity index (χ4v) is 3.01. The number of hydrogen-bond donors (Lipinski definition) is 1. The van der Waals surface area contributed by atoms with Crippen molar-refractivity contribution in [2.24, 2.45) is 0 Å². The SMILES string of the molecule is CCC(CC)N(CCOC)C(=O)c1sccc1C#CCO. The van der Waals surface area contributed by atoms with E-state index in [4.69, 9.17) is 9.84 Å². The van der Waals surface area contributed by atoms with Crippen LogP contribution in [0, 0.1) is 11.8 Å². The van der Waals surface area contributed by atoms with Gasteiger partial charge < -0.3 is 14.7 Å². The second kappa shape index (κ2) is 9.56. The average molecular weight is 309 g/mol. The summed E-state index contributed by atoms with van der Waals surface area (Å²) in [7, 11) is 1.64. The lowest BCUT2D eigenvalue weighted by Gasteiger charge is -2.30. The first-order chi connectivity index (χ1) is 10.2. The van der Waals surface area contributed by atoms with Gasteiger partial charge in [-0.1, -0.05) is 25.7 Å². The lowest BCUT2D eigenvalue weighted by Crippen LogP contribution is -2.41. The molecule has 1 rings (SSSR count). The number of hydrogen-bond acceptors (Lipinski definition) is 4. The molecule has 0 radical (unpaired) electrons. The van der Waals surface area contributed by atoms with Crippen molar-refractivity contribution >= 4 is 17.2 Å². The molecule has 1 heterocycles. The summed E-state index contributed by atoms with van der Waals surface area (Å²) in [5.74, 6) is 5.44. The molecule has 0 saturated heterocycles. The molecule has 116 valence electrons. The van der Waals surface area contributed by atoms with E-state index in [0.29, 0.717) is 23.6 Å². The largest absolute Gasteiger partial charge is 0.384 e. The van der Waals surface area contributed by atoms with Crippen LogP contribution in [0.15, 0.2) is 11.4 Å². The average Bonchev–Trinajstić information content (AvgIpc) is 2.97. The zero-order valence-electron chi connectivity index (χ0n) is 12.9. The molecule has 21 heavy (non-hydrogen) atoms. The van der Waals surface area contributed by atoms with E-state index >= 15 is 0 Å². The highest BCUT2D eigenvalue weighted by Gasteiger charge is 2.24. The van der Waals surface area contributed by atoms with Gasteiger partial charge in [0.05, 0.1) is 6.61 Å². The standard InChI is InChI=1S/C16H23NO3S/c1-4-14(5-2)17(9-11-20-3)16(19)15-13(7-6-10-18)8-12-21-15/h8,12,14,18H,4-5,9-11H2,1-3H3. The fraction of sp³-hybridized carbons (Fsp3) is 0.562. The van der Waals surface area contributed by atoms with Crippen molar-refractivity contribution < 1.29 is 14.6 Å². The quantitative estimate of drug-likeness (QED) is 0.787. The van der Waals surface area contributed by atoms with Crippen LogP contribution in [-0.4, -0.2) is 48.8 Å². The molecular formula is C16H23NO3S. The molecule has 0 bridgehead atoms. The Kier molecular flexibility index (Phi) is 8.06. The molecule has 1 amide bonds. The third kappa shape index (κ3) is 4.85. The number of amides is 1. The molecule has 1 aromatic rings. The van der Waals surface area contributed by atoms with Crippen molar-refractivity contribution in [3.8, 4) is 11.8 Å². The number of carbonyl (C=O) groups excluding carboxylic acids is 1. The maximum Gasteiger partial charge on any atom is 0.265 e. The van der Waals surface area contributed by atoms with Gasteiger partial charge >= 0.3 is 0 Å². The summed E-state index contributed by atoms with van der Waals surface area (Å²) in [4.78, 5) is 15.3. The third-order valence-electron chi connectivity index (χ3n) is 3.34. The first-order valence-corrected chi connectivity index (χ1v) is 8.04. The van der Waals surface area contributed by atoms with Crippen LogP contribution < -0.4 is 0 Å². The Morgan fingerprint density at radius 3 is 2.76 bits per heavy atom. The summed E-state index contributed by atoms with van der Waals surface area (Å²) in [5, 5.41) is 10.7. The number of carbonyl (C=O) groups is 1. The minimum atomic E-state index is -0.205. The highest BCUT2D eigenvalue weighted by atomic mass is 32.1. The number of thiophene rings is 1. The van der Waals surface area contributed by atoms with Crippen LogP contribution in [0.25, 0.3) is 0 Å². The Bertz CT molecular complexity index is 497. The molecule has 0 fully saturated rings. The van der Waals surface area contributed by atoms with Gasteiger partial charge in [0.25, 0.3) is 5.91 Å². The van der Waals surface area contributed by atoms with Gasteiger partial charge in [0.2, 0.25) is 0 Å². The van der Waals surface area contributed by atoms with Crippen molar-refractivity contribution in [3.63, 3.8) is 0 Å². The molecule has 0 aliphatic carbocycles. The maximum atomic E-state index is 12.8. The molecule has 4 nitrogen and oxygen atoms in total. The van der Waals surface area contributed by atoms with Gasteiger partial charge in [-0.2, -0.15) is 0 Å². The minimum Gasteiger partial charge on any atom is -0.384 e. The van der Waals surface area contributed by atoms with Gasteiger partial charge in [0.15, 0.2) is 0 Å². The Balaban J connectivity index is 3.01. The van der Waals surface area contributed by atoms with Crippen LogP contribution in [0.5, 0.6) is 0 Å². The predicted molar refractivity (Wildman–Crippen MR) is 85.6 cm³/mol. The number of aliphatic hydroxyl groups excluding tert-OH is 1. The minimum absolute atomic E-state index is 0.00186. The predicted octanol–water partition coefficient (Wildman–Crippen LogP) is 2.37. The van der Waals surface area contributed by atoms with Gasteiger partial charge in [-0.25, -0.2) is 0 Å². The Labute approximate surface area is 130 Å². The van der Waals surface area contributed by atoms with Crippen molar-refractivity contribution in [1.82, 2.24) is 4.90 Å². The van der Waals surface area contributed by atoms with Gasteiger partial charge in [-0.15, -0.1) is 11.3 Å². The molecule has 5 heteroatoms. The number of methoxy groups -OCH3 is 1. The van der Waals surface area contributed by atoms with Gasteiger partial charge in [-0.3, -0.25) is 4.79 Å². The lowest BCUT2D eigenvalue weighted by molar-refractivity contribution is 0.0594. The molecule has 1 aromatic heterocycles. The first kappa shape index (κ1) is 17.7. The van der Waals surface area contributed by atoms with Crippen LogP contribution >= 0.6 is 11.3 Å². The zero-order chi connectivity index (χ0) is 15.7. The molecule has 1 N–H and O–H groups in total.